The van der Waals surface area contributed by atoms with Crippen LogP contribution in [0.1, 0.15) is 17.0 Å². The number of carbonyl (C=O) groups excluding carboxylic acids is 1. The number of nitrogens with zero attached hydrogens (tertiary/aromatic N) is 1. The molecule has 0 aromatic heterocycles. The Bertz CT molecular complexity index is 516. The summed E-state index contributed by atoms with van der Waals surface area (Å²) in [6, 6.07) is 7.22. The van der Waals surface area contributed by atoms with Crippen molar-refractivity contribution >= 4 is 11.9 Å². The third kappa shape index (κ3) is 2.00. The number of benzene rings is 1. The first-order chi connectivity index (χ1) is 8.13. The van der Waals surface area contributed by atoms with Crippen LogP contribution in [-0.2, 0) is 16.1 Å². The van der Waals surface area contributed by atoms with Crippen LogP contribution in [0.15, 0.2) is 24.3 Å². The Hall–Kier alpha value is -2.28. The lowest BCUT2D eigenvalue weighted by atomic mass is 9.90. The van der Waals surface area contributed by atoms with Gasteiger partial charge in [-0.05, 0) is 17.0 Å². The van der Waals surface area contributed by atoms with Crippen molar-refractivity contribution in [2.45, 2.75) is 12.5 Å². The highest BCUT2D eigenvalue weighted by Crippen LogP contribution is 2.28. The van der Waals surface area contributed by atoms with E-state index in [2.05, 4.69) is 0 Å². The Labute approximate surface area is 98.9 Å². The van der Waals surface area contributed by atoms with Crippen LogP contribution >= 0.6 is 0 Å². The number of fused-ring (bicyclic) bond motifs is 1. The van der Waals surface area contributed by atoms with E-state index in [4.69, 9.17) is 11.5 Å². The molecule has 0 aliphatic carbocycles. The highest BCUT2D eigenvalue weighted by Gasteiger charge is 2.31. The number of hydrogen-bond donors (Lipinski definition) is 1. The third-order valence-corrected chi connectivity index (χ3v) is 2.90. The van der Waals surface area contributed by atoms with Crippen molar-refractivity contribution in [3.8, 4) is 12.3 Å². The Morgan fingerprint density at radius 2 is 2.12 bits per heavy atom. The molecule has 4 nitrogen and oxygen atoms in total. The molecule has 1 N–H and O–H groups in total. The Morgan fingerprint density at radius 1 is 1.41 bits per heavy atom. The smallest absolute Gasteiger partial charge is 0.312 e. The summed E-state index contributed by atoms with van der Waals surface area (Å²) in [6.45, 7) is 0.512. The number of amides is 1. The molecule has 0 saturated heterocycles. The predicted octanol–water partition coefficient (Wildman–Crippen LogP) is 0.830. The molecule has 1 aromatic rings. The van der Waals surface area contributed by atoms with Gasteiger partial charge in [-0.1, -0.05) is 24.3 Å². The van der Waals surface area contributed by atoms with E-state index in [0.717, 1.165) is 11.1 Å². The van der Waals surface area contributed by atoms with Gasteiger partial charge in [-0.15, -0.1) is 6.42 Å². The minimum atomic E-state index is -0.938. The van der Waals surface area contributed by atoms with Crippen LogP contribution in [-0.4, -0.2) is 28.4 Å². The van der Waals surface area contributed by atoms with Crippen molar-refractivity contribution in [1.82, 2.24) is 4.90 Å². The molecule has 1 unspecified atom stereocenters. The molecule has 1 atom stereocenters. The van der Waals surface area contributed by atoms with E-state index in [9.17, 15) is 9.59 Å². The quantitative estimate of drug-likeness (QED) is 0.726. The maximum atomic E-state index is 11.4. The molecular weight excluding hydrogens is 218 g/mol. The van der Waals surface area contributed by atoms with Gasteiger partial charge in [0.05, 0.1) is 5.92 Å². The highest BCUT2D eigenvalue weighted by molar-refractivity contribution is 5.93. The molecule has 0 radical (unpaired) electrons. The topological polar surface area (TPSA) is 57.6 Å². The summed E-state index contributed by atoms with van der Waals surface area (Å²) in [5.74, 6) is -0.0828. The Balaban J connectivity index is 2.40. The molecule has 1 aliphatic rings. The molecule has 2 rings (SSSR count). The van der Waals surface area contributed by atoms with Crippen molar-refractivity contribution in [2.75, 3.05) is 6.54 Å². The zero-order valence-electron chi connectivity index (χ0n) is 9.09. The number of hydrogen-bond acceptors (Lipinski definition) is 2. The SMILES string of the molecule is C#CC(=O)N1Cc2ccccc2C(C(=O)O)C1. The highest BCUT2D eigenvalue weighted by atomic mass is 16.4. The van der Waals surface area contributed by atoms with E-state index in [0.29, 0.717) is 6.54 Å². The summed E-state index contributed by atoms with van der Waals surface area (Å²) < 4.78 is 0. The zero-order chi connectivity index (χ0) is 12.4. The number of aliphatic carboxylic acids is 1. The molecular formula is C13H11NO3. The lowest BCUT2D eigenvalue weighted by Gasteiger charge is -2.31. The van der Waals surface area contributed by atoms with Gasteiger partial charge < -0.3 is 10.0 Å². The average Bonchev–Trinajstić information content (AvgIpc) is 2.36. The molecule has 0 spiro atoms. The Kier molecular flexibility index (Phi) is 2.84. The van der Waals surface area contributed by atoms with Crippen LogP contribution in [0.25, 0.3) is 0 Å². The van der Waals surface area contributed by atoms with E-state index in [-0.39, 0.29) is 6.54 Å². The molecule has 1 amide bonds. The van der Waals surface area contributed by atoms with Gasteiger partial charge in [-0.25, -0.2) is 0 Å². The van der Waals surface area contributed by atoms with Crippen LogP contribution in [0, 0.1) is 12.3 Å². The van der Waals surface area contributed by atoms with Gasteiger partial charge in [0.25, 0.3) is 5.91 Å². The van der Waals surface area contributed by atoms with E-state index in [1.165, 1.54) is 4.90 Å². The summed E-state index contributed by atoms with van der Waals surface area (Å²) in [5, 5.41) is 9.17. The van der Waals surface area contributed by atoms with Crippen LogP contribution in [0.4, 0.5) is 0 Å². The van der Waals surface area contributed by atoms with Gasteiger partial charge in [0, 0.05) is 13.1 Å². The van der Waals surface area contributed by atoms with E-state index in [1.54, 1.807) is 12.1 Å². The Morgan fingerprint density at radius 3 is 2.76 bits per heavy atom. The zero-order valence-corrected chi connectivity index (χ0v) is 9.09. The molecule has 17 heavy (non-hydrogen) atoms. The largest absolute Gasteiger partial charge is 0.481 e. The van der Waals surface area contributed by atoms with Crippen LogP contribution < -0.4 is 0 Å². The fourth-order valence-corrected chi connectivity index (χ4v) is 2.06. The molecule has 1 aliphatic heterocycles. The first-order valence-electron chi connectivity index (χ1n) is 5.19. The van der Waals surface area contributed by atoms with Gasteiger partial charge in [0.15, 0.2) is 0 Å². The minimum Gasteiger partial charge on any atom is -0.481 e. The second kappa shape index (κ2) is 4.30. The van der Waals surface area contributed by atoms with Gasteiger partial charge in [0.1, 0.15) is 0 Å². The van der Waals surface area contributed by atoms with Gasteiger partial charge in [0.2, 0.25) is 0 Å². The normalized spacial score (nSPS) is 18.1. The standard InChI is InChI=1S/C13H11NO3/c1-2-12(15)14-7-9-5-3-4-6-10(9)11(8-14)13(16)17/h1,3-6,11H,7-8H2,(H,16,17). The van der Waals surface area contributed by atoms with Gasteiger partial charge in [-0.2, -0.15) is 0 Å². The number of rotatable bonds is 1. The molecule has 0 saturated carbocycles. The third-order valence-electron chi connectivity index (χ3n) is 2.90. The molecule has 86 valence electrons. The number of terminal acetylenes is 1. The maximum absolute atomic E-state index is 11.4. The van der Waals surface area contributed by atoms with E-state index >= 15 is 0 Å². The minimum absolute atomic E-state index is 0.134. The molecule has 4 heteroatoms. The van der Waals surface area contributed by atoms with Crippen molar-refractivity contribution < 1.29 is 14.7 Å². The summed E-state index contributed by atoms with van der Waals surface area (Å²) >= 11 is 0. The lowest BCUT2D eigenvalue weighted by Crippen LogP contribution is -2.39. The lowest BCUT2D eigenvalue weighted by molar-refractivity contribution is -0.140. The molecule has 0 fully saturated rings. The second-order valence-electron chi connectivity index (χ2n) is 3.92. The monoisotopic (exact) mass is 229 g/mol. The van der Waals surface area contributed by atoms with Gasteiger partial charge >= 0.3 is 5.97 Å². The van der Waals surface area contributed by atoms with Crippen LogP contribution in [0.3, 0.4) is 0 Å². The number of carbonyl (C=O) groups is 2. The summed E-state index contributed by atoms with van der Waals surface area (Å²) in [4.78, 5) is 24.0. The molecule has 0 bridgehead atoms. The van der Waals surface area contributed by atoms with E-state index in [1.807, 2.05) is 18.1 Å². The van der Waals surface area contributed by atoms with Gasteiger partial charge in [-0.3, -0.25) is 9.59 Å². The second-order valence-corrected chi connectivity index (χ2v) is 3.92. The van der Waals surface area contributed by atoms with Crippen molar-refractivity contribution in [2.24, 2.45) is 0 Å². The van der Waals surface area contributed by atoms with Crippen LogP contribution in [0.5, 0.6) is 0 Å². The van der Waals surface area contributed by atoms with E-state index < -0.39 is 17.8 Å². The first-order valence-corrected chi connectivity index (χ1v) is 5.19. The number of carboxylic acids is 1. The summed E-state index contributed by atoms with van der Waals surface area (Å²) in [7, 11) is 0. The van der Waals surface area contributed by atoms with Crippen molar-refractivity contribution in [1.29, 1.82) is 0 Å². The van der Waals surface area contributed by atoms with Crippen molar-refractivity contribution in [3.63, 3.8) is 0 Å². The average molecular weight is 229 g/mol. The summed E-state index contributed by atoms with van der Waals surface area (Å²) in [6.07, 6.45) is 5.06. The van der Waals surface area contributed by atoms with Crippen molar-refractivity contribution in [3.05, 3.63) is 35.4 Å². The fraction of sp³-hybridized carbons (Fsp3) is 0.231. The molecule has 1 aromatic carbocycles. The fourth-order valence-electron chi connectivity index (χ4n) is 2.06. The maximum Gasteiger partial charge on any atom is 0.312 e. The first kappa shape index (κ1) is 11.2. The molecule has 1 heterocycles. The van der Waals surface area contributed by atoms with Crippen LogP contribution in [0.2, 0.25) is 0 Å². The number of carboxylic acid groups (broad SMARTS) is 1. The summed E-state index contributed by atoms with van der Waals surface area (Å²) in [5.41, 5.74) is 1.61. The predicted molar refractivity (Wildman–Crippen MR) is 61.1 cm³/mol.